The minimum Gasteiger partial charge on any atom is -0.347 e. The fraction of sp³-hybridized carbons (Fsp3) is 0.600. The maximum Gasteiger partial charge on any atom is 0.145 e. The number of aryl methyl sites for hydroxylation is 1. The highest BCUT2D eigenvalue weighted by molar-refractivity contribution is 5.80. The summed E-state index contributed by atoms with van der Waals surface area (Å²) in [6, 6.07) is 1.60. The van der Waals surface area contributed by atoms with Gasteiger partial charge in [0.2, 0.25) is 0 Å². The topological polar surface area (TPSA) is 28.5 Å². The van der Waals surface area contributed by atoms with Crippen molar-refractivity contribution < 1.29 is 4.39 Å². The zero-order valence-corrected chi connectivity index (χ0v) is 22.3. The molecule has 0 N–H and O–H groups in total. The smallest absolute Gasteiger partial charge is 0.145 e. The van der Waals surface area contributed by atoms with Crippen molar-refractivity contribution in [2.24, 2.45) is 10.9 Å². The average molecular weight is 468 g/mol. The van der Waals surface area contributed by atoms with Crippen molar-refractivity contribution in [3.05, 3.63) is 59.0 Å². The molecule has 188 valence electrons. The van der Waals surface area contributed by atoms with Gasteiger partial charge >= 0.3 is 0 Å². The molecule has 3 nitrogen and oxygen atoms in total. The molecule has 0 spiro atoms. The van der Waals surface area contributed by atoms with E-state index in [1.807, 2.05) is 13.1 Å². The Morgan fingerprint density at radius 3 is 2.62 bits per heavy atom. The SMILES string of the molecule is C=C(C1=C(N(C)/C(C=NCC[C@H](CC)CCCC)=C/C)CCCCC1)c1cnc(CC)c(F)c1. The van der Waals surface area contributed by atoms with Crippen molar-refractivity contribution in [3.63, 3.8) is 0 Å². The van der Waals surface area contributed by atoms with Crippen LogP contribution in [-0.4, -0.2) is 29.7 Å². The highest BCUT2D eigenvalue weighted by atomic mass is 19.1. The average Bonchev–Trinajstić information content (AvgIpc) is 3.11. The molecule has 0 saturated heterocycles. The predicted octanol–water partition coefficient (Wildman–Crippen LogP) is 8.53. The standard InChI is InChI=1S/C30H46FN3/c1-7-11-15-24(8-2)18-19-32-22-26(9-3)34(6)30-17-14-12-13-16-27(30)23(5)25-20-28(31)29(10-4)33-21-25/h9,20-22,24H,5,7-8,10-19H2,1-4,6H3/b26-9+,32-22?/t24-/m1/s1. The highest BCUT2D eigenvalue weighted by Gasteiger charge is 2.20. The van der Waals surface area contributed by atoms with Crippen LogP contribution in [0.5, 0.6) is 0 Å². The van der Waals surface area contributed by atoms with Crippen LogP contribution >= 0.6 is 0 Å². The molecular formula is C30H46FN3. The lowest BCUT2D eigenvalue weighted by Gasteiger charge is -2.27. The number of hydrogen-bond donors (Lipinski definition) is 0. The number of unbranched alkanes of at least 4 members (excludes halogenated alkanes) is 1. The van der Waals surface area contributed by atoms with Gasteiger partial charge in [-0.25, -0.2) is 4.39 Å². The summed E-state index contributed by atoms with van der Waals surface area (Å²) in [7, 11) is 2.13. The summed E-state index contributed by atoms with van der Waals surface area (Å²) >= 11 is 0. The van der Waals surface area contributed by atoms with Crippen molar-refractivity contribution in [1.29, 1.82) is 0 Å². The first-order chi connectivity index (χ1) is 16.5. The summed E-state index contributed by atoms with van der Waals surface area (Å²) in [5, 5.41) is 0. The summed E-state index contributed by atoms with van der Waals surface area (Å²) in [5.41, 5.74) is 5.80. The summed E-state index contributed by atoms with van der Waals surface area (Å²) in [6.07, 6.45) is 18.3. The van der Waals surface area contributed by atoms with Gasteiger partial charge in [-0.1, -0.05) is 65.5 Å². The van der Waals surface area contributed by atoms with Crippen LogP contribution in [0.2, 0.25) is 0 Å². The quantitative estimate of drug-likeness (QED) is 0.272. The van der Waals surface area contributed by atoms with Crippen LogP contribution in [0, 0.1) is 11.7 Å². The monoisotopic (exact) mass is 467 g/mol. The molecule has 0 aromatic carbocycles. The molecule has 1 aliphatic rings. The fourth-order valence-corrected chi connectivity index (χ4v) is 4.80. The van der Waals surface area contributed by atoms with Crippen LogP contribution in [0.1, 0.15) is 103 Å². The van der Waals surface area contributed by atoms with Gasteiger partial charge in [0.05, 0.1) is 11.4 Å². The molecule has 0 radical (unpaired) electrons. The largest absolute Gasteiger partial charge is 0.347 e. The van der Waals surface area contributed by atoms with Crippen LogP contribution in [0.4, 0.5) is 4.39 Å². The van der Waals surface area contributed by atoms with Crippen LogP contribution in [0.3, 0.4) is 0 Å². The van der Waals surface area contributed by atoms with Crippen molar-refractivity contribution in [2.75, 3.05) is 13.6 Å². The molecule has 1 atom stereocenters. The lowest BCUT2D eigenvalue weighted by atomic mass is 9.94. The first-order valence-electron chi connectivity index (χ1n) is 13.4. The number of aliphatic imine (C=N–C) groups is 1. The molecule has 0 unspecified atom stereocenters. The van der Waals surface area contributed by atoms with Gasteiger partial charge in [0, 0.05) is 37.3 Å². The minimum atomic E-state index is -0.240. The molecule has 0 aliphatic heterocycles. The van der Waals surface area contributed by atoms with Crippen LogP contribution in [0.25, 0.3) is 5.57 Å². The van der Waals surface area contributed by atoms with E-state index in [1.54, 1.807) is 12.3 Å². The molecule has 0 amide bonds. The molecular weight excluding hydrogens is 421 g/mol. The van der Waals surface area contributed by atoms with E-state index < -0.39 is 0 Å². The third kappa shape index (κ3) is 7.92. The van der Waals surface area contributed by atoms with Gasteiger partial charge in [-0.05, 0) is 68.6 Å². The van der Waals surface area contributed by atoms with Crippen molar-refractivity contribution in [3.8, 4) is 0 Å². The predicted molar refractivity (Wildman–Crippen MR) is 146 cm³/mol. The zero-order chi connectivity index (χ0) is 24.9. The van der Waals surface area contributed by atoms with Crippen LogP contribution < -0.4 is 0 Å². The molecule has 1 aromatic heterocycles. The molecule has 1 heterocycles. The Kier molecular flexibility index (Phi) is 12.3. The number of rotatable bonds is 13. The number of allylic oxidation sites excluding steroid dienone is 5. The Hall–Kier alpha value is -2.23. The third-order valence-corrected chi connectivity index (χ3v) is 7.17. The second-order valence-corrected chi connectivity index (χ2v) is 9.48. The summed E-state index contributed by atoms with van der Waals surface area (Å²) in [5.74, 6) is 0.535. The Morgan fingerprint density at radius 1 is 1.21 bits per heavy atom. The molecule has 2 rings (SSSR count). The Bertz CT molecular complexity index is 881. The van der Waals surface area contributed by atoms with Crippen LogP contribution in [0.15, 0.2) is 46.9 Å². The van der Waals surface area contributed by atoms with E-state index in [2.05, 4.69) is 50.4 Å². The van der Waals surface area contributed by atoms with Crippen molar-refractivity contribution >= 4 is 11.8 Å². The Balaban J connectivity index is 2.21. The molecule has 0 fully saturated rings. The van der Waals surface area contributed by atoms with E-state index in [0.29, 0.717) is 12.1 Å². The second kappa shape index (κ2) is 14.9. The molecule has 34 heavy (non-hydrogen) atoms. The second-order valence-electron chi connectivity index (χ2n) is 9.48. The summed E-state index contributed by atoms with van der Waals surface area (Å²) in [4.78, 5) is 11.4. The first-order valence-corrected chi connectivity index (χ1v) is 13.4. The highest BCUT2D eigenvalue weighted by Crippen LogP contribution is 2.35. The molecule has 4 heteroatoms. The zero-order valence-electron chi connectivity index (χ0n) is 22.3. The summed E-state index contributed by atoms with van der Waals surface area (Å²) < 4.78 is 14.5. The summed E-state index contributed by atoms with van der Waals surface area (Å²) in [6.45, 7) is 13.8. The number of halogens is 1. The van der Waals surface area contributed by atoms with Gasteiger partial charge in [-0.3, -0.25) is 9.98 Å². The lowest BCUT2D eigenvalue weighted by molar-refractivity contribution is 0.427. The minimum absolute atomic E-state index is 0.240. The van der Waals surface area contributed by atoms with Crippen molar-refractivity contribution in [2.45, 2.75) is 98.3 Å². The first kappa shape index (κ1) is 28.0. The molecule has 0 bridgehead atoms. The van der Waals surface area contributed by atoms with E-state index in [9.17, 15) is 4.39 Å². The molecule has 0 saturated carbocycles. The Morgan fingerprint density at radius 2 is 1.97 bits per heavy atom. The van der Waals surface area contributed by atoms with E-state index in [4.69, 9.17) is 4.99 Å². The molecule has 1 aliphatic carbocycles. The van der Waals surface area contributed by atoms with E-state index >= 15 is 0 Å². The maximum absolute atomic E-state index is 14.5. The number of nitrogens with zero attached hydrogens (tertiary/aromatic N) is 3. The maximum atomic E-state index is 14.5. The number of aromatic nitrogens is 1. The Labute approximate surface area is 208 Å². The van der Waals surface area contributed by atoms with E-state index in [1.165, 1.54) is 43.4 Å². The number of hydrogen-bond acceptors (Lipinski definition) is 3. The van der Waals surface area contributed by atoms with E-state index in [-0.39, 0.29) is 5.82 Å². The van der Waals surface area contributed by atoms with Gasteiger partial charge < -0.3 is 4.90 Å². The molecule has 1 aromatic rings. The fourth-order valence-electron chi connectivity index (χ4n) is 4.80. The van der Waals surface area contributed by atoms with Gasteiger partial charge in [0.1, 0.15) is 5.82 Å². The van der Waals surface area contributed by atoms with Gasteiger partial charge in [-0.2, -0.15) is 0 Å². The van der Waals surface area contributed by atoms with Gasteiger partial charge in [0.25, 0.3) is 0 Å². The third-order valence-electron chi connectivity index (χ3n) is 7.17. The number of pyridine rings is 1. The van der Waals surface area contributed by atoms with Gasteiger partial charge in [0.15, 0.2) is 0 Å². The lowest BCUT2D eigenvalue weighted by Crippen LogP contribution is -2.20. The van der Waals surface area contributed by atoms with Crippen LogP contribution in [-0.2, 0) is 6.42 Å². The van der Waals surface area contributed by atoms with Gasteiger partial charge in [-0.15, -0.1) is 0 Å². The van der Waals surface area contributed by atoms with Crippen molar-refractivity contribution in [1.82, 2.24) is 9.88 Å². The van der Waals surface area contributed by atoms with E-state index in [0.717, 1.165) is 61.4 Å². The normalized spacial score (nSPS) is 16.1.